The van der Waals surface area contributed by atoms with E-state index in [1.165, 1.54) is 40.1 Å². The molecule has 0 amide bonds. The molecule has 6 rings (SSSR count). The minimum Gasteiger partial charge on any atom is -0.300 e. The van der Waals surface area contributed by atoms with Crippen molar-refractivity contribution in [2.75, 3.05) is 32.7 Å². The van der Waals surface area contributed by atoms with Gasteiger partial charge in [-0.2, -0.15) is 0 Å². The summed E-state index contributed by atoms with van der Waals surface area (Å²) in [5.74, 6) is -0.478. The molecule has 5 nitrogen and oxygen atoms in total. The van der Waals surface area contributed by atoms with Gasteiger partial charge in [-0.3, -0.25) is 19.1 Å². The standard InChI is InChI=1S/C29H35N3O2.2ClH/c33-27(13-14-30-15-17-31(18-16-30)20-21-7-2-1-3-8-21)25-19-22-9-6-11-24-23-10-4-5-12-26(23)32(28(22)24)29(25)34;;/h1-3,7-8,19,25H,4-6,9-18,20H2;2*1H. The maximum absolute atomic E-state index is 13.6. The lowest BCUT2D eigenvalue weighted by Crippen LogP contribution is -2.46. The van der Waals surface area contributed by atoms with Crippen LogP contribution in [0.3, 0.4) is 0 Å². The van der Waals surface area contributed by atoms with Crippen molar-refractivity contribution in [2.45, 2.75) is 57.9 Å². The van der Waals surface area contributed by atoms with Gasteiger partial charge in [-0.25, -0.2) is 0 Å². The van der Waals surface area contributed by atoms with E-state index in [1.54, 1.807) is 0 Å². The van der Waals surface area contributed by atoms with Crippen LogP contribution in [0.15, 0.2) is 36.4 Å². The zero-order valence-electron chi connectivity index (χ0n) is 20.9. The number of allylic oxidation sites excluding steroid dienone is 2. The van der Waals surface area contributed by atoms with E-state index in [2.05, 4.69) is 40.1 Å². The van der Waals surface area contributed by atoms with Crippen molar-refractivity contribution in [1.82, 2.24) is 14.4 Å². The molecule has 0 saturated carbocycles. The van der Waals surface area contributed by atoms with Crippen LogP contribution in [0.2, 0.25) is 0 Å². The Bertz CT molecular complexity index is 1130. The van der Waals surface area contributed by atoms with E-state index in [1.807, 2.05) is 10.6 Å². The van der Waals surface area contributed by atoms with E-state index in [-0.39, 0.29) is 36.5 Å². The zero-order valence-corrected chi connectivity index (χ0v) is 22.5. The number of benzene rings is 1. The lowest BCUT2D eigenvalue weighted by atomic mass is 9.84. The van der Waals surface area contributed by atoms with Crippen molar-refractivity contribution in [3.63, 3.8) is 0 Å². The molecule has 2 aliphatic heterocycles. The molecular weight excluding hydrogens is 493 g/mol. The van der Waals surface area contributed by atoms with Crippen LogP contribution in [0.4, 0.5) is 0 Å². The van der Waals surface area contributed by atoms with Gasteiger partial charge in [-0.1, -0.05) is 36.4 Å². The first-order valence-electron chi connectivity index (χ1n) is 13.2. The third-order valence-electron chi connectivity index (χ3n) is 8.35. The minimum absolute atomic E-state index is 0. The molecule has 1 atom stereocenters. The van der Waals surface area contributed by atoms with Gasteiger partial charge in [0.05, 0.1) is 5.69 Å². The molecule has 2 aromatic rings. The van der Waals surface area contributed by atoms with Gasteiger partial charge in [0.1, 0.15) is 11.7 Å². The fourth-order valence-electron chi connectivity index (χ4n) is 6.54. The molecule has 1 fully saturated rings. The summed E-state index contributed by atoms with van der Waals surface area (Å²) in [5, 5.41) is 0. The number of fused-ring (bicyclic) bond motifs is 3. The fraction of sp³-hybridized carbons (Fsp3) is 0.517. The number of hydrogen-bond acceptors (Lipinski definition) is 4. The van der Waals surface area contributed by atoms with E-state index >= 15 is 0 Å². The number of carbonyl (C=O) groups is 2. The highest BCUT2D eigenvalue weighted by molar-refractivity contribution is 6.08. The molecule has 0 N–H and O–H groups in total. The second-order valence-corrected chi connectivity index (χ2v) is 10.5. The maximum atomic E-state index is 13.6. The molecule has 3 heterocycles. The molecule has 0 bridgehead atoms. The summed E-state index contributed by atoms with van der Waals surface area (Å²) in [6, 6.07) is 10.6. The number of Topliss-reactive ketones (excluding diaryl/α,β-unsaturated/α-hetero) is 1. The lowest BCUT2D eigenvalue weighted by Gasteiger charge is -2.35. The molecule has 2 aliphatic carbocycles. The molecule has 0 spiro atoms. The Morgan fingerprint density at radius 3 is 2.31 bits per heavy atom. The first-order valence-corrected chi connectivity index (χ1v) is 13.2. The third-order valence-corrected chi connectivity index (χ3v) is 8.35. The molecule has 7 heteroatoms. The van der Waals surface area contributed by atoms with Crippen LogP contribution >= 0.6 is 24.8 Å². The minimum atomic E-state index is -0.591. The molecule has 1 aromatic carbocycles. The highest BCUT2D eigenvalue weighted by Gasteiger charge is 2.39. The van der Waals surface area contributed by atoms with Gasteiger partial charge in [-0.15, -0.1) is 24.8 Å². The smallest absolute Gasteiger partial charge is 0.245 e. The number of hydrogen-bond donors (Lipinski definition) is 0. The van der Waals surface area contributed by atoms with Crippen LogP contribution < -0.4 is 0 Å². The summed E-state index contributed by atoms with van der Waals surface area (Å²) in [6.07, 6.45) is 10.2. The summed E-state index contributed by atoms with van der Waals surface area (Å²) in [5.41, 5.74) is 7.85. The number of carbonyl (C=O) groups excluding carboxylic acids is 2. The van der Waals surface area contributed by atoms with Crippen LogP contribution in [-0.2, 0) is 30.6 Å². The Morgan fingerprint density at radius 2 is 1.53 bits per heavy atom. The van der Waals surface area contributed by atoms with Gasteiger partial charge in [-0.05, 0) is 67.2 Å². The summed E-state index contributed by atoms with van der Waals surface area (Å²) >= 11 is 0. The van der Waals surface area contributed by atoms with E-state index in [0.717, 1.165) is 77.8 Å². The average Bonchev–Trinajstić information content (AvgIpc) is 3.22. The number of ketones is 1. The summed E-state index contributed by atoms with van der Waals surface area (Å²) < 4.78 is 1.99. The topological polar surface area (TPSA) is 45.6 Å². The van der Waals surface area contributed by atoms with E-state index < -0.39 is 5.92 Å². The zero-order chi connectivity index (χ0) is 23.1. The summed E-state index contributed by atoms with van der Waals surface area (Å²) in [7, 11) is 0. The number of piperazine rings is 1. The average molecular weight is 531 g/mol. The van der Waals surface area contributed by atoms with Gasteiger partial charge in [0.15, 0.2) is 0 Å². The van der Waals surface area contributed by atoms with Gasteiger partial charge < -0.3 is 4.90 Å². The van der Waals surface area contributed by atoms with Gasteiger partial charge >= 0.3 is 0 Å². The Morgan fingerprint density at radius 1 is 0.833 bits per heavy atom. The first-order chi connectivity index (χ1) is 16.7. The Labute approximate surface area is 226 Å². The largest absolute Gasteiger partial charge is 0.300 e. The van der Waals surface area contributed by atoms with Crippen molar-refractivity contribution < 1.29 is 9.59 Å². The van der Waals surface area contributed by atoms with Crippen LogP contribution in [-0.4, -0.2) is 58.8 Å². The highest BCUT2D eigenvalue weighted by Crippen LogP contribution is 2.42. The SMILES string of the molecule is Cl.Cl.O=C(CCN1CCN(Cc2ccccc2)CC1)C1C=C2CCCc3c4c(n(c32)C1=O)CCCC4. The summed E-state index contributed by atoms with van der Waals surface area (Å²) in [6.45, 7) is 5.77. The monoisotopic (exact) mass is 529 g/mol. The number of halogens is 2. The second-order valence-electron chi connectivity index (χ2n) is 10.5. The Balaban J connectivity index is 0.00000152. The highest BCUT2D eigenvalue weighted by atomic mass is 35.5. The first kappa shape index (κ1) is 27.1. The van der Waals surface area contributed by atoms with Crippen LogP contribution in [0.25, 0.3) is 5.57 Å². The summed E-state index contributed by atoms with van der Waals surface area (Å²) in [4.78, 5) is 31.8. The second kappa shape index (κ2) is 11.6. The van der Waals surface area contributed by atoms with Gasteiger partial charge in [0.25, 0.3) is 0 Å². The fourth-order valence-corrected chi connectivity index (χ4v) is 6.54. The lowest BCUT2D eigenvalue weighted by molar-refractivity contribution is -0.120. The van der Waals surface area contributed by atoms with Crippen molar-refractivity contribution in [3.05, 3.63) is 64.5 Å². The molecular formula is C29H37Cl2N3O2. The van der Waals surface area contributed by atoms with Crippen molar-refractivity contribution in [2.24, 2.45) is 5.92 Å². The number of rotatable bonds is 6. The number of aromatic nitrogens is 1. The van der Waals surface area contributed by atoms with Gasteiger partial charge in [0, 0.05) is 51.4 Å². The van der Waals surface area contributed by atoms with E-state index in [0.29, 0.717) is 6.42 Å². The molecule has 1 aromatic heterocycles. The molecule has 1 unspecified atom stereocenters. The van der Waals surface area contributed by atoms with E-state index in [4.69, 9.17) is 0 Å². The van der Waals surface area contributed by atoms with Crippen molar-refractivity contribution in [1.29, 1.82) is 0 Å². The predicted molar refractivity (Wildman–Crippen MR) is 148 cm³/mol. The van der Waals surface area contributed by atoms with Crippen molar-refractivity contribution in [3.8, 4) is 0 Å². The van der Waals surface area contributed by atoms with Crippen molar-refractivity contribution >= 4 is 42.1 Å². The molecule has 1 saturated heterocycles. The van der Waals surface area contributed by atoms with Gasteiger partial charge in [0.2, 0.25) is 5.91 Å². The predicted octanol–water partition coefficient (Wildman–Crippen LogP) is 4.98. The number of nitrogens with zero attached hydrogens (tertiary/aromatic N) is 3. The molecule has 194 valence electrons. The molecule has 36 heavy (non-hydrogen) atoms. The van der Waals surface area contributed by atoms with Crippen LogP contribution in [0, 0.1) is 5.92 Å². The van der Waals surface area contributed by atoms with Crippen LogP contribution in [0.5, 0.6) is 0 Å². The van der Waals surface area contributed by atoms with Crippen LogP contribution in [0.1, 0.15) is 65.0 Å². The molecule has 0 radical (unpaired) electrons. The quantitative estimate of drug-likeness (QED) is 0.495. The maximum Gasteiger partial charge on any atom is 0.245 e. The third kappa shape index (κ3) is 5.08. The molecule has 4 aliphatic rings. The normalized spacial score (nSPS) is 21.5. The Kier molecular flexibility index (Phi) is 8.77. The van der Waals surface area contributed by atoms with E-state index in [9.17, 15) is 9.59 Å². The Hall–Kier alpha value is -1.92.